The van der Waals surface area contributed by atoms with Crippen LogP contribution in [0.15, 0.2) is 0 Å². The number of nitrogens with zero attached hydrogens (tertiary/aromatic N) is 1. The van der Waals surface area contributed by atoms with Crippen molar-refractivity contribution in [2.45, 2.75) is 58.1 Å². The van der Waals surface area contributed by atoms with Gasteiger partial charge < -0.3 is 9.47 Å². The van der Waals surface area contributed by atoms with Crippen LogP contribution < -0.4 is 0 Å². The number of carbonyl (C=O) groups excluding carboxylic acids is 1. The maximum atomic E-state index is 11.9. The quantitative estimate of drug-likeness (QED) is 0.625. The Morgan fingerprint density at radius 2 is 2.28 bits per heavy atom. The lowest BCUT2D eigenvalue weighted by Crippen LogP contribution is -2.45. The number of rotatable bonds is 8. The number of hydrogen-bond acceptors (Lipinski definition) is 4. The van der Waals surface area contributed by atoms with E-state index < -0.39 is 0 Å². The summed E-state index contributed by atoms with van der Waals surface area (Å²) in [4.78, 5) is 14.1. The number of likely N-dealkylation sites (N-methyl/N-ethyl adjacent to an activating group) is 1. The van der Waals surface area contributed by atoms with E-state index in [9.17, 15) is 4.79 Å². The highest BCUT2D eigenvalue weighted by molar-refractivity contribution is 5.75. The maximum absolute atomic E-state index is 11.9. The molecule has 18 heavy (non-hydrogen) atoms. The molecule has 0 amide bonds. The third-order valence-corrected chi connectivity index (χ3v) is 3.61. The van der Waals surface area contributed by atoms with Gasteiger partial charge in [-0.2, -0.15) is 0 Å². The van der Waals surface area contributed by atoms with Crippen molar-refractivity contribution in [3.05, 3.63) is 0 Å². The minimum Gasteiger partial charge on any atom is -0.468 e. The second-order valence-corrected chi connectivity index (χ2v) is 4.90. The van der Waals surface area contributed by atoms with Crippen LogP contribution in [0.25, 0.3) is 0 Å². The summed E-state index contributed by atoms with van der Waals surface area (Å²) in [5.41, 5.74) is 0. The molecule has 2 atom stereocenters. The van der Waals surface area contributed by atoms with E-state index in [-0.39, 0.29) is 12.0 Å². The van der Waals surface area contributed by atoms with Crippen LogP contribution in [0.1, 0.15) is 46.0 Å². The van der Waals surface area contributed by atoms with E-state index in [4.69, 9.17) is 9.47 Å². The molecule has 0 aromatic carbocycles. The zero-order valence-corrected chi connectivity index (χ0v) is 12.0. The van der Waals surface area contributed by atoms with Gasteiger partial charge in [0.1, 0.15) is 6.04 Å². The van der Waals surface area contributed by atoms with Crippen molar-refractivity contribution in [3.63, 3.8) is 0 Å². The molecule has 1 fully saturated rings. The lowest BCUT2D eigenvalue weighted by Gasteiger charge is -2.30. The van der Waals surface area contributed by atoms with E-state index in [0.717, 1.165) is 51.8 Å². The van der Waals surface area contributed by atoms with Crippen molar-refractivity contribution < 1.29 is 14.3 Å². The van der Waals surface area contributed by atoms with Crippen molar-refractivity contribution in [1.82, 2.24) is 4.90 Å². The lowest BCUT2D eigenvalue weighted by molar-refractivity contribution is -0.147. The van der Waals surface area contributed by atoms with Gasteiger partial charge in [0.05, 0.1) is 13.2 Å². The van der Waals surface area contributed by atoms with Crippen molar-refractivity contribution in [1.29, 1.82) is 0 Å². The van der Waals surface area contributed by atoms with Gasteiger partial charge in [0.25, 0.3) is 0 Å². The highest BCUT2D eigenvalue weighted by Gasteiger charge is 2.28. The predicted molar refractivity (Wildman–Crippen MR) is 71.6 cm³/mol. The van der Waals surface area contributed by atoms with E-state index in [1.807, 2.05) is 0 Å². The van der Waals surface area contributed by atoms with Crippen molar-refractivity contribution in [2.24, 2.45) is 0 Å². The predicted octanol–water partition coefficient (Wildman–Crippen LogP) is 2.22. The van der Waals surface area contributed by atoms with Gasteiger partial charge in [-0.1, -0.05) is 26.7 Å². The van der Waals surface area contributed by atoms with Gasteiger partial charge in [0.2, 0.25) is 0 Å². The number of methoxy groups -OCH3 is 1. The molecule has 1 aliphatic rings. The molecule has 2 unspecified atom stereocenters. The maximum Gasteiger partial charge on any atom is 0.323 e. The number of unbranched alkanes of at least 4 members (excludes halogenated alkanes) is 1. The van der Waals surface area contributed by atoms with E-state index in [2.05, 4.69) is 18.7 Å². The molecule has 0 spiro atoms. The minimum atomic E-state index is -0.108. The average molecular weight is 257 g/mol. The zero-order valence-electron chi connectivity index (χ0n) is 12.0. The molecule has 0 aliphatic carbocycles. The van der Waals surface area contributed by atoms with E-state index in [1.165, 1.54) is 7.11 Å². The van der Waals surface area contributed by atoms with Crippen LogP contribution in [-0.4, -0.2) is 49.8 Å². The SMILES string of the molecule is CCCCC(C(=O)OC)N(CC)CC1CCCO1. The fourth-order valence-corrected chi connectivity index (χ4v) is 2.51. The minimum absolute atomic E-state index is 0.107. The molecular weight excluding hydrogens is 230 g/mol. The Morgan fingerprint density at radius 1 is 1.50 bits per heavy atom. The number of esters is 1. The number of carbonyl (C=O) groups is 1. The smallest absolute Gasteiger partial charge is 0.323 e. The third kappa shape index (κ3) is 4.58. The molecule has 1 aliphatic heterocycles. The van der Waals surface area contributed by atoms with Crippen molar-refractivity contribution in [3.8, 4) is 0 Å². The van der Waals surface area contributed by atoms with Crippen LogP contribution >= 0.6 is 0 Å². The van der Waals surface area contributed by atoms with E-state index >= 15 is 0 Å². The summed E-state index contributed by atoms with van der Waals surface area (Å²) in [6.07, 6.45) is 5.58. The fourth-order valence-electron chi connectivity index (χ4n) is 2.51. The largest absolute Gasteiger partial charge is 0.468 e. The molecule has 1 heterocycles. The molecule has 106 valence electrons. The molecule has 1 rings (SSSR count). The normalized spacial score (nSPS) is 21.2. The van der Waals surface area contributed by atoms with Crippen LogP contribution in [0, 0.1) is 0 Å². The van der Waals surface area contributed by atoms with Gasteiger partial charge in [0, 0.05) is 13.2 Å². The molecule has 0 saturated carbocycles. The molecule has 0 radical (unpaired) electrons. The first kappa shape index (κ1) is 15.4. The summed E-state index contributed by atoms with van der Waals surface area (Å²) in [5.74, 6) is -0.108. The Balaban J connectivity index is 2.56. The first-order chi connectivity index (χ1) is 8.72. The highest BCUT2D eigenvalue weighted by Crippen LogP contribution is 2.17. The van der Waals surface area contributed by atoms with Crippen LogP contribution in [0.2, 0.25) is 0 Å². The highest BCUT2D eigenvalue weighted by atomic mass is 16.5. The van der Waals surface area contributed by atoms with Gasteiger partial charge in [-0.25, -0.2) is 0 Å². The summed E-state index contributed by atoms with van der Waals surface area (Å²) in [6, 6.07) is -0.107. The molecule has 1 saturated heterocycles. The van der Waals surface area contributed by atoms with Gasteiger partial charge >= 0.3 is 5.97 Å². The summed E-state index contributed by atoms with van der Waals surface area (Å²) >= 11 is 0. The van der Waals surface area contributed by atoms with Gasteiger partial charge in [0.15, 0.2) is 0 Å². The summed E-state index contributed by atoms with van der Waals surface area (Å²) < 4.78 is 10.6. The van der Waals surface area contributed by atoms with Gasteiger partial charge in [-0.05, 0) is 25.8 Å². The molecule has 0 bridgehead atoms. The summed E-state index contributed by atoms with van der Waals surface area (Å²) in [6.45, 7) is 6.81. The van der Waals surface area contributed by atoms with Crippen molar-refractivity contribution >= 4 is 5.97 Å². The lowest BCUT2D eigenvalue weighted by atomic mass is 10.1. The average Bonchev–Trinajstić information content (AvgIpc) is 2.90. The Hall–Kier alpha value is -0.610. The number of ether oxygens (including phenoxy) is 2. The molecule has 0 aromatic rings. The summed E-state index contributed by atoms with van der Waals surface area (Å²) in [7, 11) is 1.47. The molecule has 4 nitrogen and oxygen atoms in total. The summed E-state index contributed by atoms with van der Waals surface area (Å²) in [5, 5.41) is 0. The topological polar surface area (TPSA) is 38.8 Å². The molecular formula is C14H27NO3. The molecule has 0 N–H and O–H groups in total. The monoisotopic (exact) mass is 257 g/mol. The van der Waals surface area contributed by atoms with Crippen LogP contribution in [0.5, 0.6) is 0 Å². The first-order valence-corrected chi connectivity index (χ1v) is 7.16. The Kier molecular flexibility index (Phi) is 7.28. The Bertz CT molecular complexity index is 239. The number of hydrogen-bond donors (Lipinski definition) is 0. The van der Waals surface area contributed by atoms with Crippen LogP contribution in [0.4, 0.5) is 0 Å². The standard InChI is InChI=1S/C14H27NO3/c1-4-6-9-13(14(16)17-3)15(5-2)11-12-8-7-10-18-12/h12-13H,4-11H2,1-3H3. The van der Waals surface area contributed by atoms with Gasteiger partial charge in [-0.15, -0.1) is 0 Å². The molecule has 4 heteroatoms. The van der Waals surface area contributed by atoms with Crippen LogP contribution in [-0.2, 0) is 14.3 Å². The fraction of sp³-hybridized carbons (Fsp3) is 0.929. The Labute approximate surface area is 111 Å². The van der Waals surface area contributed by atoms with Crippen molar-refractivity contribution in [2.75, 3.05) is 26.8 Å². The van der Waals surface area contributed by atoms with E-state index in [1.54, 1.807) is 0 Å². The second-order valence-electron chi connectivity index (χ2n) is 4.90. The first-order valence-electron chi connectivity index (χ1n) is 7.16. The van der Waals surface area contributed by atoms with Gasteiger partial charge in [-0.3, -0.25) is 9.69 Å². The van der Waals surface area contributed by atoms with E-state index in [0.29, 0.717) is 6.10 Å². The molecule has 0 aromatic heterocycles. The zero-order chi connectivity index (χ0) is 13.4. The third-order valence-electron chi connectivity index (χ3n) is 3.61. The van der Waals surface area contributed by atoms with Crippen LogP contribution in [0.3, 0.4) is 0 Å². The Morgan fingerprint density at radius 3 is 2.78 bits per heavy atom. The second kappa shape index (κ2) is 8.48.